The number of hydrogen-bond acceptors (Lipinski definition) is 5. The van der Waals surface area contributed by atoms with Gasteiger partial charge in [-0.25, -0.2) is 4.79 Å². The third-order valence-electron chi connectivity index (χ3n) is 2.06. The molecule has 0 fully saturated rings. The van der Waals surface area contributed by atoms with Crippen LogP contribution in [0.1, 0.15) is 5.56 Å². The summed E-state index contributed by atoms with van der Waals surface area (Å²) in [6, 6.07) is 3.82. The topological polar surface area (TPSA) is 111 Å². The van der Waals surface area contributed by atoms with Gasteiger partial charge in [0.15, 0.2) is 6.61 Å². The summed E-state index contributed by atoms with van der Waals surface area (Å²) in [6.07, 6.45) is 0. The van der Waals surface area contributed by atoms with E-state index in [0.717, 1.165) is 0 Å². The van der Waals surface area contributed by atoms with Gasteiger partial charge in [-0.3, -0.25) is 10.1 Å². The van der Waals surface area contributed by atoms with Gasteiger partial charge in [-0.05, 0) is 18.2 Å². The quantitative estimate of drug-likeness (QED) is 0.671. The fraction of sp³-hybridized carbons (Fsp3) is 0.273. The number of hydrogen-bond donors (Lipinski definition) is 3. The van der Waals surface area contributed by atoms with Crippen molar-refractivity contribution >= 4 is 11.9 Å². The molecule has 0 aliphatic heterocycles. The zero-order chi connectivity index (χ0) is 13.5. The highest BCUT2D eigenvalue weighted by molar-refractivity contribution is 5.94. The lowest BCUT2D eigenvalue weighted by Crippen LogP contribution is -2.38. The van der Waals surface area contributed by atoms with Crippen molar-refractivity contribution in [3.63, 3.8) is 0 Å². The second kappa shape index (κ2) is 6.45. The van der Waals surface area contributed by atoms with Crippen LogP contribution in [0, 0.1) is 0 Å². The molecule has 0 bridgehead atoms. The average molecular weight is 254 g/mol. The predicted molar refractivity (Wildman–Crippen MR) is 62.1 cm³/mol. The molecule has 4 N–H and O–H groups in total. The van der Waals surface area contributed by atoms with E-state index >= 15 is 0 Å². The smallest absolute Gasteiger partial charge is 0.318 e. The Morgan fingerprint density at radius 3 is 2.72 bits per heavy atom. The van der Waals surface area contributed by atoms with E-state index < -0.39 is 11.9 Å². The number of rotatable bonds is 5. The molecule has 98 valence electrons. The molecule has 1 rings (SSSR count). The lowest BCUT2D eigenvalue weighted by molar-refractivity contribution is -0.121. The SMILES string of the molecule is COc1ccc(OCC(=O)NC(N)=O)c(CO)c1. The summed E-state index contributed by atoms with van der Waals surface area (Å²) in [7, 11) is 1.50. The molecule has 0 atom stereocenters. The van der Waals surface area contributed by atoms with Crippen LogP contribution in [0.3, 0.4) is 0 Å². The van der Waals surface area contributed by atoms with Gasteiger partial charge in [0.05, 0.1) is 13.7 Å². The van der Waals surface area contributed by atoms with Gasteiger partial charge in [0, 0.05) is 5.56 Å². The lowest BCUT2D eigenvalue weighted by Gasteiger charge is -2.10. The van der Waals surface area contributed by atoms with E-state index in [1.807, 2.05) is 5.32 Å². The fourth-order valence-electron chi connectivity index (χ4n) is 1.26. The summed E-state index contributed by atoms with van der Waals surface area (Å²) < 4.78 is 10.1. The number of methoxy groups -OCH3 is 1. The van der Waals surface area contributed by atoms with Crippen molar-refractivity contribution in [1.29, 1.82) is 0 Å². The van der Waals surface area contributed by atoms with Crippen LogP contribution in [-0.4, -0.2) is 30.8 Å². The van der Waals surface area contributed by atoms with Crippen LogP contribution in [-0.2, 0) is 11.4 Å². The molecular weight excluding hydrogens is 240 g/mol. The summed E-state index contributed by atoms with van der Waals surface area (Å²) in [6.45, 7) is -0.633. The van der Waals surface area contributed by atoms with Crippen LogP contribution >= 0.6 is 0 Å². The minimum absolute atomic E-state index is 0.260. The summed E-state index contributed by atoms with van der Waals surface area (Å²) >= 11 is 0. The molecule has 18 heavy (non-hydrogen) atoms. The standard InChI is InChI=1S/C11H14N2O5/c1-17-8-2-3-9(7(4-8)5-14)18-6-10(15)13-11(12)16/h2-4,14H,5-6H2,1H3,(H3,12,13,15,16). The Kier molecular flexibility index (Phi) is 4.94. The second-order valence-electron chi connectivity index (χ2n) is 3.33. The zero-order valence-corrected chi connectivity index (χ0v) is 9.80. The number of imide groups is 1. The third kappa shape index (κ3) is 3.95. The molecule has 0 saturated carbocycles. The van der Waals surface area contributed by atoms with Crippen LogP contribution in [0.25, 0.3) is 0 Å². The molecule has 1 aromatic rings. The Labute approximate surface area is 103 Å². The van der Waals surface area contributed by atoms with Crippen molar-refractivity contribution in [3.05, 3.63) is 23.8 Å². The Morgan fingerprint density at radius 2 is 2.17 bits per heavy atom. The van der Waals surface area contributed by atoms with E-state index in [2.05, 4.69) is 0 Å². The van der Waals surface area contributed by atoms with Crippen LogP contribution in [0.4, 0.5) is 4.79 Å². The Morgan fingerprint density at radius 1 is 1.44 bits per heavy atom. The van der Waals surface area contributed by atoms with E-state index in [1.54, 1.807) is 18.2 Å². The van der Waals surface area contributed by atoms with Gasteiger partial charge in [-0.15, -0.1) is 0 Å². The fourth-order valence-corrected chi connectivity index (χ4v) is 1.26. The number of primary amides is 1. The molecule has 1 aromatic carbocycles. The second-order valence-corrected chi connectivity index (χ2v) is 3.33. The molecule has 3 amide bonds. The first-order valence-electron chi connectivity index (χ1n) is 5.06. The lowest BCUT2D eigenvalue weighted by atomic mass is 10.2. The number of carbonyl (C=O) groups is 2. The highest BCUT2D eigenvalue weighted by Crippen LogP contribution is 2.24. The van der Waals surface area contributed by atoms with E-state index in [0.29, 0.717) is 17.1 Å². The molecule has 0 radical (unpaired) electrons. The van der Waals surface area contributed by atoms with E-state index in [1.165, 1.54) is 7.11 Å². The van der Waals surface area contributed by atoms with Crippen LogP contribution in [0.2, 0.25) is 0 Å². The van der Waals surface area contributed by atoms with Crippen molar-refractivity contribution in [3.8, 4) is 11.5 Å². The Balaban J connectivity index is 2.67. The molecule has 0 heterocycles. The summed E-state index contributed by atoms with van der Waals surface area (Å²) in [4.78, 5) is 21.5. The maximum Gasteiger partial charge on any atom is 0.318 e. The third-order valence-corrected chi connectivity index (χ3v) is 2.06. The van der Waals surface area contributed by atoms with Gasteiger partial charge in [-0.1, -0.05) is 0 Å². The van der Waals surface area contributed by atoms with Crippen molar-refractivity contribution in [2.75, 3.05) is 13.7 Å². The Bertz CT molecular complexity index is 447. The highest BCUT2D eigenvalue weighted by Gasteiger charge is 2.09. The number of benzene rings is 1. The monoisotopic (exact) mass is 254 g/mol. The number of nitrogens with one attached hydrogen (secondary N) is 1. The van der Waals surface area contributed by atoms with Crippen molar-refractivity contribution in [2.45, 2.75) is 6.61 Å². The van der Waals surface area contributed by atoms with Crippen LogP contribution < -0.4 is 20.5 Å². The van der Waals surface area contributed by atoms with Crippen LogP contribution in [0.5, 0.6) is 11.5 Å². The van der Waals surface area contributed by atoms with Crippen molar-refractivity contribution in [2.24, 2.45) is 5.73 Å². The molecular formula is C11H14N2O5. The molecule has 0 saturated heterocycles. The van der Waals surface area contributed by atoms with Crippen molar-refractivity contribution < 1.29 is 24.2 Å². The van der Waals surface area contributed by atoms with Crippen molar-refractivity contribution in [1.82, 2.24) is 5.32 Å². The minimum atomic E-state index is -0.944. The molecule has 0 aliphatic rings. The highest BCUT2D eigenvalue weighted by atomic mass is 16.5. The zero-order valence-electron chi connectivity index (χ0n) is 9.80. The molecule has 7 nitrogen and oxygen atoms in total. The maximum absolute atomic E-state index is 11.1. The van der Waals surface area contributed by atoms with Crippen LogP contribution in [0.15, 0.2) is 18.2 Å². The summed E-state index contributed by atoms with van der Waals surface area (Å²) in [5.74, 6) is 0.230. The van der Waals surface area contributed by atoms with Gasteiger partial charge in [-0.2, -0.15) is 0 Å². The van der Waals surface area contributed by atoms with Gasteiger partial charge in [0.1, 0.15) is 11.5 Å². The van der Waals surface area contributed by atoms with Gasteiger partial charge >= 0.3 is 6.03 Å². The van der Waals surface area contributed by atoms with E-state index in [9.17, 15) is 9.59 Å². The predicted octanol–water partition coefficient (Wildman–Crippen LogP) is -0.239. The molecule has 0 aromatic heterocycles. The number of nitrogens with two attached hydrogens (primary N) is 1. The van der Waals surface area contributed by atoms with E-state index in [4.69, 9.17) is 20.3 Å². The maximum atomic E-state index is 11.1. The summed E-state index contributed by atoms with van der Waals surface area (Å²) in [5, 5.41) is 11.0. The molecule has 0 spiro atoms. The number of urea groups is 1. The summed E-state index contributed by atoms with van der Waals surface area (Å²) in [5.41, 5.74) is 5.25. The van der Waals surface area contributed by atoms with Gasteiger partial charge in [0.2, 0.25) is 0 Å². The normalized spacial score (nSPS) is 9.67. The largest absolute Gasteiger partial charge is 0.497 e. The Hall–Kier alpha value is -2.28. The first-order chi connectivity index (χ1) is 8.56. The average Bonchev–Trinajstić information content (AvgIpc) is 2.35. The first-order valence-corrected chi connectivity index (χ1v) is 5.06. The van der Waals surface area contributed by atoms with Gasteiger partial charge < -0.3 is 20.3 Å². The van der Waals surface area contributed by atoms with E-state index in [-0.39, 0.29) is 13.2 Å². The first kappa shape index (κ1) is 13.8. The molecule has 0 unspecified atom stereocenters. The minimum Gasteiger partial charge on any atom is -0.497 e. The number of aliphatic hydroxyl groups excluding tert-OH is 1. The number of carbonyl (C=O) groups excluding carboxylic acids is 2. The molecule has 0 aliphatic carbocycles. The van der Waals surface area contributed by atoms with Gasteiger partial charge in [0.25, 0.3) is 5.91 Å². The number of aliphatic hydroxyl groups is 1. The molecule has 7 heteroatoms. The number of ether oxygens (including phenoxy) is 2. The number of amides is 3.